The number of hydrogen-bond acceptors (Lipinski definition) is 5. The van der Waals surface area contributed by atoms with Crippen LogP contribution in [0.4, 0.5) is 0 Å². The highest BCUT2D eigenvalue weighted by Gasteiger charge is 2.25. The molecule has 0 aliphatic carbocycles. The molecule has 0 N–H and O–H groups in total. The number of benzene rings is 1. The van der Waals surface area contributed by atoms with E-state index in [9.17, 15) is 0 Å². The van der Waals surface area contributed by atoms with E-state index in [-0.39, 0.29) is 5.92 Å². The van der Waals surface area contributed by atoms with Gasteiger partial charge in [-0.05, 0) is 31.9 Å². The van der Waals surface area contributed by atoms with Crippen molar-refractivity contribution in [2.45, 2.75) is 26.2 Å². The molecule has 108 valence electrons. The number of nitrogens with zero attached hydrogens (tertiary/aromatic N) is 2. The molecule has 0 amide bonds. The van der Waals surface area contributed by atoms with Crippen LogP contribution >= 0.6 is 0 Å². The van der Waals surface area contributed by atoms with Crippen molar-refractivity contribution in [2.24, 2.45) is 0 Å². The number of rotatable bonds is 2. The van der Waals surface area contributed by atoms with Crippen LogP contribution in [0.15, 0.2) is 27.1 Å². The third-order valence-electron chi connectivity index (χ3n) is 4.02. The summed E-state index contributed by atoms with van der Waals surface area (Å²) in [4.78, 5) is 4.49. The molecule has 0 bridgehead atoms. The van der Waals surface area contributed by atoms with E-state index in [1.165, 1.54) is 0 Å². The number of hydrogen-bond donors (Lipinski definition) is 0. The van der Waals surface area contributed by atoms with Gasteiger partial charge in [0, 0.05) is 23.5 Å². The van der Waals surface area contributed by atoms with E-state index in [0.29, 0.717) is 24.1 Å². The molecule has 0 saturated carbocycles. The van der Waals surface area contributed by atoms with Gasteiger partial charge in [0.25, 0.3) is 5.89 Å². The molecule has 5 nitrogen and oxygen atoms in total. The van der Waals surface area contributed by atoms with E-state index in [1.807, 2.05) is 19.9 Å². The zero-order valence-electron chi connectivity index (χ0n) is 12.0. The van der Waals surface area contributed by atoms with Crippen LogP contribution in [0.3, 0.4) is 0 Å². The van der Waals surface area contributed by atoms with Gasteiger partial charge in [0.1, 0.15) is 5.58 Å². The summed E-state index contributed by atoms with van der Waals surface area (Å²) in [5, 5.41) is 5.16. The molecular weight excluding hydrogens is 268 g/mol. The SMILES string of the molecule is Cc1ccc2c(C)c(-c3nc(C4CCOC4)no3)oc2c1. The maximum Gasteiger partial charge on any atom is 0.293 e. The first-order valence-corrected chi connectivity index (χ1v) is 7.14. The van der Waals surface area contributed by atoms with Crippen LogP contribution in [0.1, 0.15) is 29.3 Å². The third kappa shape index (κ3) is 2.05. The summed E-state index contributed by atoms with van der Waals surface area (Å²) in [6.45, 7) is 5.48. The van der Waals surface area contributed by atoms with Crippen molar-refractivity contribution >= 4 is 11.0 Å². The summed E-state index contributed by atoms with van der Waals surface area (Å²) < 4.78 is 16.7. The average molecular weight is 284 g/mol. The minimum Gasteiger partial charge on any atom is -0.451 e. The van der Waals surface area contributed by atoms with Crippen molar-refractivity contribution in [1.82, 2.24) is 10.1 Å². The molecule has 1 aliphatic rings. The van der Waals surface area contributed by atoms with E-state index >= 15 is 0 Å². The van der Waals surface area contributed by atoms with E-state index in [0.717, 1.165) is 35.1 Å². The van der Waals surface area contributed by atoms with Crippen LogP contribution < -0.4 is 0 Å². The quantitative estimate of drug-likeness (QED) is 0.719. The molecule has 3 heterocycles. The molecule has 1 saturated heterocycles. The van der Waals surface area contributed by atoms with Gasteiger partial charge in [-0.15, -0.1) is 0 Å². The molecule has 1 aromatic carbocycles. The minimum atomic E-state index is 0.231. The summed E-state index contributed by atoms with van der Waals surface area (Å²) in [5.74, 6) is 2.05. The predicted octanol–water partition coefficient (Wildman–Crippen LogP) is 3.60. The largest absolute Gasteiger partial charge is 0.451 e. The molecule has 2 aromatic heterocycles. The number of furan rings is 1. The Morgan fingerprint density at radius 2 is 2.14 bits per heavy atom. The second-order valence-corrected chi connectivity index (χ2v) is 5.57. The smallest absolute Gasteiger partial charge is 0.293 e. The van der Waals surface area contributed by atoms with Gasteiger partial charge in [-0.25, -0.2) is 0 Å². The van der Waals surface area contributed by atoms with Crippen molar-refractivity contribution in [3.63, 3.8) is 0 Å². The molecule has 1 aliphatic heterocycles. The lowest BCUT2D eigenvalue weighted by Gasteiger charge is -1.97. The van der Waals surface area contributed by atoms with Crippen molar-refractivity contribution in [3.8, 4) is 11.7 Å². The number of ether oxygens (including phenoxy) is 1. The Balaban J connectivity index is 1.77. The van der Waals surface area contributed by atoms with Crippen LogP contribution in [0.5, 0.6) is 0 Å². The first-order chi connectivity index (χ1) is 10.2. The molecule has 0 spiro atoms. The summed E-state index contributed by atoms with van der Waals surface area (Å²) in [5.41, 5.74) is 3.05. The van der Waals surface area contributed by atoms with Crippen LogP contribution in [0.25, 0.3) is 22.6 Å². The van der Waals surface area contributed by atoms with Crippen LogP contribution in [-0.4, -0.2) is 23.4 Å². The van der Waals surface area contributed by atoms with Gasteiger partial charge in [0.2, 0.25) is 0 Å². The first kappa shape index (κ1) is 12.6. The van der Waals surface area contributed by atoms with Crippen molar-refractivity contribution < 1.29 is 13.7 Å². The number of fused-ring (bicyclic) bond motifs is 1. The molecule has 1 fully saturated rings. The Bertz CT molecular complexity index is 797. The van der Waals surface area contributed by atoms with Gasteiger partial charge in [-0.2, -0.15) is 4.98 Å². The fourth-order valence-electron chi connectivity index (χ4n) is 2.77. The monoisotopic (exact) mass is 284 g/mol. The summed E-state index contributed by atoms with van der Waals surface area (Å²) >= 11 is 0. The Morgan fingerprint density at radius 1 is 1.24 bits per heavy atom. The summed E-state index contributed by atoms with van der Waals surface area (Å²) in [6, 6.07) is 6.16. The highest BCUT2D eigenvalue weighted by Crippen LogP contribution is 2.33. The standard InChI is InChI=1S/C16H16N2O3/c1-9-3-4-12-10(2)14(20-13(12)7-9)16-17-15(18-21-16)11-5-6-19-8-11/h3-4,7,11H,5-6,8H2,1-2H3. The zero-order valence-corrected chi connectivity index (χ0v) is 12.0. The molecular formula is C16H16N2O3. The van der Waals surface area contributed by atoms with Crippen LogP contribution in [-0.2, 0) is 4.74 Å². The van der Waals surface area contributed by atoms with Crippen LogP contribution in [0, 0.1) is 13.8 Å². The Hall–Kier alpha value is -2.14. The summed E-state index contributed by atoms with van der Waals surface area (Å²) in [7, 11) is 0. The fraction of sp³-hybridized carbons (Fsp3) is 0.375. The first-order valence-electron chi connectivity index (χ1n) is 7.14. The minimum absolute atomic E-state index is 0.231. The van der Waals surface area contributed by atoms with E-state index in [1.54, 1.807) is 0 Å². The van der Waals surface area contributed by atoms with Gasteiger partial charge in [0.05, 0.1) is 6.61 Å². The molecule has 3 aromatic rings. The normalized spacial score (nSPS) is 18.7. The van der Waals surface area contributed by atoms with Gasteiger partial charge in [0.15, 0.2) is 11.6 Å². The molecule has 5 heteroatoms. The van der Waals surface area contributed by atoms with Crippen molar-refractivity contribution in [1.29, 1.82) is 0 Å². The fourth-order valence-corrected chi connectivity index (χ4v) is 2.77. The second kappa shape index (κ2) is 4.70. The average Bonchev–Trinajstić information content (AvgIpc) is 3.17. The lowest BCUT2D eigenvalue weighted by Crippen LogP contribution is -1.99. The number of aryl methyl sites for hydroxylation is 2. The molecule has 4 rings (SSSR count). The predicted molar refractivity (Wildman–Crippen MR) is 77.2 cm³/mol. The Kier molecular flexibility index (Phi) is 2.82. The summed E-state index contributed by atoms with van der Waals surface area (Å²) in [6.07, 6.45) is 0.942. The molecule has 21 heavy (non-hydrogen) atoms. The second-order valence-electron chi connectivity index (χ2n) is 5.57. The van der Waals surface area contributed by atoms with E-state index < -0.39 is 0 Å². The zero-order chi connectivity index (χ0) is 14.4. The van der Waals surface area contributed by atoms with Crippen molar-refractivity contribution in [2.75, 3.05) is 13.2 Å². The van der Waals surface area contributed by atoms with Gasteiger partial charge in [-0.3, -0.25) is 0 Å². The molecule has 1 atom stereocenters. The lowest BCUT2D eigenvalue weighted by atomic mass is 10.1. The van der Waals surface area contributed by atoms with Gasteiger partial charge < -0.3 is 13.7 Å². The third-order valence-corrected chi connectivity index (χ3v) is 4.02. The van der Waals surface area contributed by atoms with Crippen molar-refractivity contribution in [3.05, 3.63) is 35.2 Å². The van der Waals surface area contributed by atoms with Crippen LogP contribution in [0.2, 0.25) is 0 Å². The molecule has 1 unspecified atom stereocenters. The number of aromatic nitrogens is 2. The maximum absolute atomic E-state index is 5.91. The van der Waals surface area contributed by atoms with E-state index in [4.69, 9.17) is 13.7 Å². The van der Waals surface area contributed by atoms with E-state index in [2.05, 4.69) is 22.3 Å². The van der Waals surface area contributed by atoms with Gasteiger partial charge >= 0.3 is 0 Å². The maximum atomic E-state index is 5.91. The molecule has 0 radical (unpaired) electrons. The topological polar surface area (TPSA) is 61.3 Å². The highest BCUT2D eigenvalue weighted by molar-refractivity contribution is 5.86. The Morgan fingerprint density at radius 3 is 2.95 bits per heavy atom. The Labute approximate surface area is 121 Å². The lowest BCUT2D eigenvalue weighted by molar-refractivity contribution is 0.192. The highest BCUT2D eigenvalue weighted by atomic mass is 16.5. The van der Waals surface area contributed by atoms with Gasteiger partial charge in [-0.1, -0.05) is 17.3 Å².